The minimum absolute atomic E-state index is 0.0787. The van der Waals surface area contributed by atoms with Crippen molar-refractivity contribution >= 4 is 23.5 Å². The van der Waals surface area contributed by atoms with Crippen LogP contribution in [-0.4, -0.2) is 28.1 Å². The summed E-state index contributed by atoms with van der Waals surface area (Å²) >= 11 is 5.73. The van der Waals surface area contributed by atoms with Gasteiger partial charge in [-0.15, -0.1) is 0 Å². The van der Waals surface area contributed by atoms with Crippen molar-refractivity contribution in [3.8, 4) is 5.75 Å². The molecule has 0 radical (unpaired) electrons. The van der Waals surface area contributed by atoms with Crippen LogP contribution < -0.4 is 5.32 Å². The fourth-order valence-electron chi connectivity index (χ4n) is 2.25. The van der Waals surface area contributed by atoms with Gasteiger partial charge in [0, 0.05) is 11.6 Å². The largest absolute Gasteiger partial charge is 0.506 e. The number of carbonyl (C=O) groups excluding carboxylic acids is 1. The smallest absolute Gasteiger partial charge is 0.306 e. The molecule has 1 aliphatic rings. The SMILES string of the molecule is O=C(N[C@H]1CC[C@@H](C(=O)O)C1)c1ccc(O)c(Cl)c1. The van der Waals surface area contributed by atoms with E-state index in [4.69, 9.17) is 16.7 Å². The minimum Gasteiger partial charge on any atom is -0.506 e. The maximum Gasteiger partial charge on any atom is 0.306 e. The molecule has 2 rings (SSSR count). The standard InChI is InChI=1S/C13H14ClNO4/c14-10-6-7(2-4-11(10)16)12(17)15-9-3-1-8(5-9)13(18)19/h2,4,6,8-9,16H,1,3,5H2,(H,15,17)(H,18,19)/t8-,9+/m1/s1. The number of nitrogens with one attached hydrogen (secondary N) is 1. The Bertz CT molecular complexity index is 517. The van der Waals surface area contributed by atoms with Crippen LogP contribution in [0.2, 0.25) is 5.02 Å². The number of hydrogen-bond donors (Lipinski definition) is 3. The highest BCUT2D eigenvalue weighted by Gasteiger charge is 2.30. The van der Waals surface area contributed by atoms with Crippen molar-refractivity contribution in [1.82, 2.24) is 5.32 Å². The molecule has 1 amide bonds. The molecule has 2 atom stereocenters. The third-order valence-corrected chi connectivity index (χ3v) is 3.63. The molecule has 0 aliphatic heterocycles. The van der Waals surface area contributed by atoms with Crippen molar-refractivity contribution in [3.05, 3.63) is 28.8 Å². The van der Waals surface area contributed by atoms with E-state index in [1.807, 2.05) is 0 Å². The van der Waals surface area contributed by atoms with E-state index in [-0.39, 0.29) is 28.6 Å². The van der Waals surface area contributed by atoms with Crippen molar-refractivity contribution < 1.29 is 19.8 Å². The van der Waals surface area contributed by atoms with Crippen LogP contribution >= 0.6 is 11.6 Å². The average Bonchev–Trinajstić information content (AvgIpc) is 2.81. The van der Waals surface area contributed by atoms with E-state index in [0.29, 0.717) is 24.8 Å². The fraction of sp³-hybridized carbons (Fsp3) is 0.385. The summed E-state index contributed by atoms with van der Waals surface area (Å²) in [5.41, 5.74) is 0.349. The predicted molar refractivity (Wildman–Crippen MR) is 69.3 cm³/mol. The maximum atomic E-state index is 11.9. The number of carboxylic acid groups (broad SMARTS) is 1. The molecule has 0 heterocycles. The zero-order chi connectivity index (χ0) is 14.0. The quantitative estimate of drug-likeness (QED) is 0.792. The van der Waals surface area contributed by atoms with Crippen LogP contribution in [0.1, 0.15) is 29.6 Å². The number of carbonyl (C=O) groups is 2. The molecule has 6 heteroatoms. The monoisotopic (exact) mass is 283 g/mol. The molecule has 5 nitrogen and oxygen atoms in total. The predicted octanol–water partition coefficient (Wildman–Crippen LogP) is 2.03. The number of carboxylic acids is 1. The van der Waals surface area contributed by atoms with Crippen LogP contribution in [0.4, 0.5) is 0 Å². The molecule has 1 saturated carbocycles. The number of phenols is 1. The van der Waals surface area contributed by atoms with E-state index >= 15 is 0 Å². The molecule has 0 spiro atoms. The first-order valence-corrected chi connectivity index (χ1v) is 6.37. The summed E-state index contributed by atoms with van der Waals surface area (Å²) in [6.45, 7) is 0. The van der Waals surface area contributed by atoms with Gasteiger partial charge in [0.05, 0.1) is 10.9 Å². The Balaban J connectivity index is 1.98. The molecule has 0 saturated heterocycles. The first-order valence-electron chi connectivity index (χ1n) is 5.99. The second-order valence-electron chi connectivity index (χ2n) is 4.68. The van der Waals surface area contributed by atoms with Crippen molar-refractivity contribution in [1.29, 1.82) is 0 Å². The van der Waals surface area contributed by atoms with Gasteiger partial charge in [0.25, 0.3) is 5.91 Å². The van der Waals surface area contributed by atoms with Crippen molar-refractivity contribution in [3.63, 3.8) is 0 Å². The van der Waals surface area contributed by atoms with Crippen LogP contribution in [-0.2, 0) is 4.79 Å². The van der Waals surface area contributed by atoms with Gasteiger partial charge in [-0.1, -0.05) is 11.6 Å². The van der Waals surface area contributed by atoms with Gasteiger partial charge in [-0.3, -0.25) is 9.59 Å². The van der Waals surface area contributed by atoms with Crippen molar-refractivity contribution in [2.24, 2.45) is 5.92 Å². The summed E-state index contributed by atoms with van der Waals surface area (Å²) in [6.07, 6.45) is 1.69. The van der Waals surface area contributed by atoms with Crippen LogP contribution in [0.25, 0.3) is 0 Å². The van der Waals surface area contributed by atoms with Gasteiger partial charge in [-0.25, -0.2) is 0 Å². The molecule has 1 aliphatic carbocycles. The Labute approximate surface area is 115 Å². The second-order valence-corrected chi connectivity index (χ2v) is 5.09. The Hall–Kier alpha value is -1.75. The van der Waals surface area contributed by atoms with E-state index in [9.17, 15) is 14.7 Å². The second kappa shape index (κ2) is 5.48. The van der Waals surface area contributed by atoms with E-state index in [2.05, 4.69) is 5.32 Å². The van der Waals surface area contributed by atoms with Crippen LogP contribution in [0.3, 0.4) is 0 Å². The fourth-order valence-corrected chi connectivity index (χ4v) is 2.43. The highest BCUT2D eigenvalue weighted by Crippen LogP contribution is 2.27. The summed E-state index contributed by atoms with van der Waals surface area (Å²) in [4.78, 5) is 22.8. The van der Waals surface area contributed by atoms with Crippen molar-refractivity contribution in [2.75, 3.05) is 0 Å². The third kappa shape index (κ3) is 3.17. The zero-order valence-corrected chi connectivity index (χ0v) is 10.9. The summed E-state index contributed by atoms with van der Waals surface area (Å²) in [6, 6.07) is 4.09. The first-order chi connectivity index (χ1) is 8.97. The first kappa shape index (κ1) is 13.7. The Morgan fingerprint density at radius 2 is 2.05 bits per heavy atom. The summed E-state index contributed by atoms with van der Waals surface area (Å²) in [5.74, 6) is -1.58. The maximum absolute atomic E-state index is 11.9. The van der Waals surface area contributed by atoms with Crippen LogP contribution in [0.15, 0.2) is 18.2 Å². The number of amides is 1. The van der Waals surface area contributed by atoms with Gasteiger partial charge in [-0.05, 0) is 37.5 Å². The van der Waals surface area contributed by atoms with E-state index < -0.39 is 5.97 Å². The van der Waals surface area contributed by atoms with Gasteiger partial charge in [0.1, 0.15) is 5.75 Å². The topological polar surface area (TPSA) is 86.6 Å². The number of aromatic hydroxyl groups is 1. The summed E-state index contributed by atoms with van der Waals surface area (Å²) < 4.78 is 0. The Morgan fingerprint density at radius 1 is 1.32 bits per heavy atom. The highest BCUT2D eigenvalue weighted by molar-refractivity contribution is 6.32. The highest BCUT2D eigenvalue weighted by atomic mass is 35.5. The molecule has 0 bridgehead atoms. The lowest BCUT2D eigenvalue weighted by molar-refractivity contribution is -0.141. The van der Waals surface area contributed by atoms with Gasteiger partial charge in [-0.2, -0.15) is 0 Å². The molecular weight excluding hydrogens is 270 g/mol. The number of halogens is 1. The number of aliphatic carboxylic acids is 1. The molecule has 19 heavy (non-hydrogen) atoms. The molecular formula is C13H14ClNO4. The van der Waals surface area contributed by atoms with Gasteiger partial charge in [0.15, 0.2) is 0 Å². The minimum atomic E-state index is -0.815. The van der Waals surface area contributed by atoms with Crippen LogP contribution in [0, 0.1) is 5.92 Å². The molecule has 1 aromatic carbocycles. The van der Waals surface area contributed by atoms with Gasteiger partial charge >= 0.3 is 5.97 Å². The lowest BCUT2D eigenvalue weighted by Gasteiger charge is -2.12. The van der Waals surface area contributed by atoms with E-state index in [1.165, 1.54) is 18.2 Å². The summed E-state index contributed by atoms with van der Waals surface area (Å²) in [5, 5.41) is 21.1. The Kier molecular flexibility index (Phi) is 3.95. The van der Waals surface area contributed by atoms with E-state index in [0.717, 1.165) is 0 Å². The number of hydrogen-bond acceptors (Lipinski definition) is 3. The zero-order valence-electron chi connectivity index (χ0n) is 10.1. The lowest BCUT2D eigenvalue weighted by atomic mass is 10.1. The molecule has 3 N–H and O–H groups in total. The van der Waals surface area contributed by atoms with Crippen LogP contribution in [0.5, 0.6) is 5.75 Å². The van der Waals surface area contributed by atoms with Crippen molar-refractivity contribution in [2.45, 2.75) is 25.3 Å². The van der Waals surface area contributed by atoms with Gasteiger partial charge < -0.3 is 15.5 Å². The Morgan fingerprint density at radius 3 is 2.63 bits per heavy atom. The molecule has 1 fully saturated rings. The lowest BCUT2D eigenvalue weighted by Crippen LogP contribution is -2.33. The molecule has 0 aromatic heterocycles. The number of rotatable bonds is 3. The van der Waals surface area contributed by atoms with Gasteiger partial charge in [0.2, 0.25) is 0 Å². The summed E-state index contributed by atoms with van der Waals surface area (Å²) in [7, 11) is 0. The number of benzene rings is 1. The third-order valence-electron chi connectivity index (χ3n) is 3.33. The molecule has 1 aromatic rings. The molecule has 0 unspecified atom stereocenters. The molecule has 102 valence electrons. The average molecular weight is 284 g/mol. The number of phenolic OH excluding ortho intramolecular Hbond substituents is 1. The van der Waals surface area contributed by atoms with E-state index in [1.54, 1.807) is 0 Å². The normalized spacial score (nSPS) is 22.2.